The molecule has 1 aliphatic carbocycles. The second-order valence-electron chi connectivity index (χ2n) is 5.29. The number of hydrogen-bond donors (Lipinski definition) is 0. The molecule has 13 heavy (non-hydrogen) atoms. The highest BCUT2D eigenvalue weighted by molar-refractivity contribution is 5.05. The van der Waals surface area contributed by atoms with Gasteiger partial charge in [-0.05, 0) is 37.0 Å². The van der Waals surface area contributed by atoms with Gasteiger partial charge < -0.3 is 0 Å². The smallest absolute Gasteiger partial charge is 0.0155 e. The normalized spacial score (nSPS) is 40.3. The first kappa shape index (κ1) is 10.8. The molecule has 0 spiro atoms. The summed E-state index contributed by atoms with van der Waals surface area (Å²) in [5, 5.41) is 0. The van der Waals surface area contributed by atoms with Crippen molar-refractivity contribution in [2.24, 2.45) is 17.3 Å². The summed E-state index contributed by atoms with van der Waals surface area (Å²) < 4.78 is 0. The van der Waals surface area contributed by atoms with Crippen molar-refractivity contribution in [2.45, 2.75) is 53.4 Å². The SMILES string of the molecule is C=C(C)C1CCC(C)CC1(C)CC. The van der Waals surface area contributed by atoms with Crippen LogP contribution in [0.3, 0.4) is 0 Å². The Kier molecular flexibility index (Phi) is 3.21. The minimum atomic E-state index is 0.531. The third kappa shape index (κ3) is 2.15. The van der Waals surface area contributed by atoms with E-state index < -0.39 is 0 Å². The minimum Gasteiger partial charge on any atom is -0.0998 e. The lowest BCUT2D eigenvalue weighted by Gasteiger charge is -2.44. The summed E-state index contributed by atoms with van der Waals surface area (Å²) in [6.45, 7) is 13.5. The van der Waals surface area contributed by atoms with Crippen molar-refractivity contribution in [3.63, 3.8) is 0 Å². The van der Waals surface area contributed by atoms with E-state index in [1.807, 2.05) is 0 Å². The van der Waals surface area contributed by atoms with Gasteiger partial charge in [-0.1, -0.05) is 45.8 Å². The first-order chi connectivity index (χ1) is 5.99. The molecule has 0 heteroatoms. The summed E-state index contributed by atoms with van der Waals surface area (Å²) in [5.74, 6) is 1.69. The number of rotatable bonds is 2. The quantitative estimate of drug-likeness (QED) is 0.552. The van der Waals surface area contributed by atoms with Crippen LogP contribution in [0.15, 0.2) is 12.2 Å². The van der Waals surface area contributed by atoms with Crippen LogP contribution < -0.4 is 0 Å². The molecule has 0 aromatic heterocycles. The molecule has 0 saturated heterocycles. The fourth-order valence-corrected chi connectivity index (χ4v) is 3.07. The zero-order valence-electron chi connectivity index (χ0n) is 9.69. The summed E-state index contributed by atoms with van der Waals surface area (Å²) in [4.78, 5) is 0. The molecule has 0 N–H and O–H groups in total. The molecule has 0 aliphatic heterocycles. The van der Waals surface area contributed by atoms with E-state index in [0.717, 1.165) is 11.8 Å². The molecule has 76 valence electrons. The Morgan fingerprint density at radius 1 is 1.46 bits per heavy atom. The molecule has 0 amide bonds. The Balaban J connectivity index is 2.78. The average Bonchev–Trinajstić information content (AvgIpc) is 2.03. The Morgan fingerprint density at radius 3 is 2.54 bits per heavy atom. The highest BCUT2D eigenvalue weighted by atomic mass is 14.4. The van der Waals surface area contributed by atoms with E-state index in [9.17, 15) is 0 Å². The van der Waals surface area contributed by atoms with Crippen LogP contribution in [0.2, 0.25) is 0 Å². The summed E-state index contributed by atoms with van der Waals surface area (Å²) >= 11 is 0. The van der Waals surface area contributed by atoms with Gasteiger partial charge >= 0.3 is 0 Å². The van der Waals surface area contributed by atoms with E-state index in [-0.39, 0.29) is 0 Å². The van der Waals surface area contributed by atoms with E-state index >= 15 is 0 Å². The molecule has 0 aromatic carbocycles. The lowest BCUT2D eigenvalue weighted by Crippen LogP contribution is -2.34. The van der Waals surface area contributed by atoms with Gasteiger partial charge in [0.25, 0.3) is 0 Å². The fraction of sp³-hybridized carbons (Fsp3) is 0.846. The standard InChI is InChI=1S/C13H24/c1-6-13(5)9-11(4)7-8-12(13)10(2)3/h11-12H,2,6-9H2,1,3-5H3. The molecule has 0 aromatic rings. The molecular weight excluding hydrogens is 156 g/mol. The summed E-state index contributed by atoms with van der Waals surface area (Å²) in [6.07, 6.45) is 5.45. The molecule has 0 heterocycles. The average molecular weight is 180 g/mol. The summed E-state index contributed by atoms with van der Waals surface area (Å²) in [7, 11) is 0. The zero-order chi connectivity index (χ0) is 10.1. The van der Waals surface area contributed by atoms with Crippen molar-refractivity contribution in [2.75, 3.05) is 0 Å². The van der Waals surface area contributed by atoms with Gasteiger partial charge in [-0.15, -0.1) is 0 Å². The maximum Gasteiger partial charge on any atom is -0.0155 e. The van der Waals surface area contributed by atoms with E-state index in [0.29, 0.717) is 5.41 Å². The molecule has 1 saturated carbocycles. The second-order valence-corrected chi connectivity index (χ2v) is 5.29. The summed E-state index contributed by atoms with van der Waals surface area (Å²) in [6, 6.07) is 0. The van der Waals surface area contributed by atoms with Crippen LogP contribution >= 0.6 is 0 Å². The molecule has 1 aliphatic rings. The third-order valence-electron chi connectivity index (χ3n) is 4.01. The van der Waals surface area contributed by atoms with Crippen molar-refractivity contribution < 1.29 is 0 Å². The number of hydrogen-bond acceptors (Lipinski definition) is 0. The first-order valence-corrected chi connectivity index (χ1v) is 5.65. The molecular formula is C13H24. The Bertz CT molecular complexity index is 192. The Labute approximate surface area is 83.4 Å². The second kappa shape index (κ2) is 3.86. The van der Waals surface area contributed by atoms with E-state index in [1.54, 1.807) is 0 Å². The van der Waals surface area contributed by atoms with Crippen LogP contribution in [0, 0.1) is 17.3 Å². The topological polar surface area (TPSA) is 0 Å². The van der Waals surface area contributed by atoms with Gasteiger partial charge in [-0.3, -0.25) is 0 Å². The monoisotopic (exact) mass is 180 g/mol. The van der Waals surface area contributed by atoms with Crippen molar-refractivity contribution in [1.82, 2.24) is 0 Å². The molecule has 0 radical (unpaired) electrons. The van der Waals surface area contributed by atoms with E-state index in [4.69, 9.17) is 0 Å². The van der Waals surface area contributed by atoms with Crippen LogP contribution in [0.5, 0.6) is 0 Å². The van der Waals surface area contributed by atoms with Crippen LogP contribution in [0.4, 0.5) is 0 Å². The lowest BCUT2D eigenvalue weighted by atomic mass is 9.61. The molecule has 1 rings (SSSR count). The highest BCUT2D eigenvalue weighted by Crippen LogP contribution is 2.48. The lowest BCUT2D eigenvalue weighted by molar-refractivity contribution is 0.101. The maximum absolute atomic E-state index is 4.15. The van der Waals surface area contributed by atoms with Crippen molar-refractivity contribution in [1.29, 1.82) is 0 Å². The minimum absolute atomic E-state index is 0.531. The van der Waals surface area contributed by atoms with E-state index in [2.05, 4.69) is 34.3 Å². The maximum atomic E-state index is 4.15. The van der Waals surface area contributed by atoms with Crippen molar-refractivity contribution in [3.05, 3.63) is 12.2 Å². The Hall–Kier alpha value is -0.260. The van der Waals surface area contributed by atoms with E-state index in [1.165, 1.54) is 31.3 Å². The van der Waals surface area contributed by atoms with Gasteiger partial charge in [0.05, 0.1) is 0 Å². The van der Waals surface area contributed by atoms with Gasteiger partial charge in [0, 0.05) is 0 Å². The number of allylic oxidation sites excluding steroid dienone is 1. The largest absolute Gasteiger partial charge is 0.0998 e. The molecule has 3 atom stereocenters. The first-order valence-electron chi connectivity index (χ1n) is 5.65. The van der Waals surface area contributed by atoms with Crippen LogP contribution in [-0.2, 0) is 0 Å². The van der Waals surface area contributed by atoms with Crippen molar-refractivity contribution >= 4 is 0 Å². The molecule has 0 nitrogen and oxygen atoms in total. The Morgan fingerprint density at radius 2 is 2.08 bits per heavy atom. The zero-order valence-corrected chi connectivity index (χ0v) is 9.69. The third-order valence-corrected chi connectivity index (χ3v) is 4.01. The van der Waals surface area contributed by atoms with Gasteiger partial charge in [-0.2, -0.15) is 0 Å². The summed E-state index contributed by atoms with van der Waals surface area (Å²) in [5.41, 5.74) is 1.93. The van der Waals surface area contributed by atoms with Gasteiger partial charge in [0.1, 0.15) is 0 Å². The fourth-order valence-electron chi connectivity index (χ4n) is 3.07. The van der Waals surface area contributed by atoms with Crippen LogP contribution in [0.1, 0.15) is 53.4 Å². The molecule has 0 bridgehead atoms. The predicted octanol–water partition coefficient (Wildman–Crippen LogP) is 4.42. The predicted molar refractivity (Wildman–Crippen MR) is 59.7 cm³/mol. The van der Waals surface area contributed by atoms with Gasteiger partial charge in [0.2, 0.25) is 0 Å². The van der Waals surface area contributed by atoms with Gasteiger partial charge in [-0.25, -0.2) is 0 Å². The van der Waals surface area contributed by atoms with Gasteiger partial charge in [0.15, 0.2) is 0 Å². The van der Waals surface area contributed by atoms with Crippen LogP contribution in [0.25, 0.3) is 0 Å². The molecule has 3 unspecified atom stereocenters. The molecule has 1 fully saturated rings. The van der Waals surface area contributed by atoms with Crippen LogP contribution in [-0.4, -0.2) is 0 Å². The highest BCUT2D eigenvalue weighted by Gasteiger charge is 2.37. The van der Waals surface area contributed by atoms with Crippen molar-refractivity contribution in [3.8, 4) is 0 Å².